The van der Waals surface area contributed by atoms with Gasteiger partial charge in [-0.05, 0) is 6.42 Å². The van der Waals surface area contributed by atoms with Gasteiger partial charge < -0.3 is 5.11 Å². The van der Waals surface area contributed by atoms with Gasteiger partial charge >= 0.3 is 5.97 Å². The summed E-state index contributed by atoms with van der Waals surface area (Å²) in [5.74, 6) is -1.89. The molecule has 0 radical (unpaired) electrons. The Kier molecular flexibility index (Phi) is 1.61. The highest BCUT2D eigenvalue weighted by Gasteiger charge is 2.52. The summed E-state index contributed by atoms with van der Waals surface area (Å²) in [5.41, 5.74) is 0. The van der Waals surface area contributed by atoms with Crippen molar-refractivity contribution in [3.8, 4) is 0 Å². The normalized spacial score (nSPS) is 32.5. The van der Waals surface area contributed by atoms with Gasteiger partial charge in [-0.1, -0.05) is 0 Å². The van der Waals surface area contributed by atoms with Gasteiger partial charge in [-0.2, -0.15) is 0 Å². The molecule has 5 heteroatoms. The van der Waals surface area contributed by atoms with Crippen molar-refractivity contribution < 1.29 is 19.5 Å². The van der Waals surface area contributed by atoms with Gasteiger partial charge in [0.2, 0.25) is 11.8 Å². The molecule has 1 aliphatic carbocycles. The highest BCUT2D eigenvalue weighted by molar-refractivity contribution is 6.03. The first kappa shape index (κ1) is 8.22. The molecule has 1 aliphatic heterocycles. The van der Waals surface area contributed by atoms with E-state index in [0.29, 0.717) is 6.42 Å². The molecule has 0 aromatic carbocycles. The van der Waals surface area contributed by atoms with Crippen LogP contribution in [0.3, 0.4) is 0 Å². The predicted octanol–water partition coefficient (Wildman–Crippen LogP) is -0.391. The number of nitrogens with zero attached hydrogens (tertiary/aromatic N) is 1. The number of hydrogen-bond acceptors (Lipinski definition) is 3. The first-order valence-electron chi connectivity index (χ1n) is 4.19. The number of likely N-dealkylation sites (tertiary alicyclic amines) is 1. The van der Waals surface area contributed by atoms with Gasteiger partial charge in [0.05, 0.1) is 12.0 Å². The SMILES string of the molecule is O=C(O)C1CC1N1C(=O)CCC1=O. The summed E-state index contributed by atoms with van der Waals surface area (Å²) in [6.45, 7) is 0. The fraction of sp³-hybridized carbons (Fsp3) is 0.625. The summed E-state index contributed by atoms with van der Waals surface area (Å²) >= 11 is 0. The molecule has 2 aliphatic rings. The summed E-state index contributed by atoms with van der Waals surface area (Å²) < 4.78 is 0. The van der Waals surface area contributed by atoms with Crippen LogP contribution in [0, 0.1) is 5.92 Å². The average Bonchev–Trinajstić information content (AvgIpc) is 2.76. The molecule has 0 aromatic rings. The molecule has 2 fully saturated rings. The van der Waals surface area contributed by atoms with Gasteiger partial charge in [0.15, 0.2) is 0 Å². The van der Waals surface area contributed by atoms with Crippen molar-refractivity contribution in [2.24, 2.45) is 5.92 Å². The molecular formula is C8H9NO4. The van der Waals surface area contributed by atoms with E-state index in [1.54, 1.807) is 0 Å². The van der Waals surface area contributed by atoms with E-state index >= 15 is 0 Å². The number of hydrogen-bond donors (Lipinski definition) is 1. The van der Waals surface area contributed by atoms with Crippen LogP contribution in [0.25, 0.3) is 0 Å². The van der Waals surface area contributed by atoms with Gasteiger partial charge in [0.1, 0.15) is 0 Å². The van der Waals surface area contributed by atoms with E-state index in [2.05, 4.69) is 0 Å². The maximum absolute atomic E-state index is 11.1. The monoisotopic (exact) mass is 183 g/mol. The first-order chi connectivity index (χ1) is 6.11. The molecule has 70 valence electrons. The Morgan fingerprint density at radius 2 is 1.85 bits per heavy atom. The molecule has 1 saturated heterocycles. The average molecular weight is 183 g/mol. The smallest absolute Gasteiger partial charge is 0.308 e. The molecule has 0 bridgehead atoms. The molecule has 1 N–H and O–H groups in total. The number of aliphatic carboxylic acids is 1. The van der Waals surface area contributed by atoms with Crippen molar-refractivity contribution in [1.82, 2.24) is 4.90 Å². The number of carbonyl (C=O) groups is 3. The zero-order valence-electron chi connectivity index (χ0n) is 6.90. The van der Waals surface area contributed by atoms with E-state index in [1.807, 2.05) is 0 Å². The van der Waals surface area contributed by atoms with Crippen molar-refractivity contribution in [3.05, 3.63) is 0 Å². The molecule has 1 saturated carbocycles. The number of imide groups is 1. The van der Waals surface area contributed by atoms with E-state index in [1.165, 1.54) is 0 Å². The fourth-order valence-corrected chi connectivity index (χ4v) is 1.70. The van der Waals surface area contributed by atoms with Crippen molar-refractivity contribution >= 4 is 17.8 Å². The highest BCUT2D eigenvalue weighted by Crippen LogP contribution is 2.38. The molecule has 5 nitrogen and oxygen atoms in total. The van der Waals surface area contributed by atoms with Crippen LogP contribution in [0.2, 0.25) is 0 Å². The Bertz CT molecular complexity index is 283. The number of rotatable bonds is 2. The van der Waals surface area contributed by atoms with Crippen molar-refractivity contribution in [2.45, 2.75) is 25.3 Å². The Balaban J connectivity index is 2.07. The summed E-state index contributed by atoms with van der Waals surface area (Å²) in [6.07, 6.45) is 0.899. The maximum Gasteiger partial charge on any atom is 0.308 e. The summed E-state index contributed by atoms with van der Waals surface area (Å²) in [6, 6.07) is -0.361. The van der Waals surface area contributed by atoms with Crippen LogP contribution in [0.1, 0.15) is 19.3 Å². The van der Waals surface area contributed by atoms with Crippen LogP contribution in [0.15, 0.2) is 0 Å². The van der Waals surface area contributed by atoms with Crippen molar-refractivity contribution in [1.29, 1.82) is 0 Å². The van der Waals surface area contributed by atoms with Crippen molar-refractivity contribution in [3.63, 3.8) is 0 Å². The summed E-state index contributed by atoms with van der Waals surface area (Å²) in [4.78, 5) is 33.9. The quantitative estimate of drug-likeness (QED) is 0.591. The molecule has 1 heterocycles. The minimum atomic E-state index is -0.919. The molecule has 2 rings (SSSR count). The van der Waals surface area contributed by atoms with Crippen LogP contribution < -0.4 is 0 Å². The largest absolute Gasteiger partial charge is 0.481 e. The Labute approximate surface area is 74.3 Å². The lowest BCUT2D eigenvalue weighted by molar-refractivity contribution is -0.141. The van der Waals surface area contributed by atoms with Crippen LogP contribution >= 0.6 is 0 Å². The third-order valence-corrected chi connectivity index (χ3v) is 2.50. The molecule has 0 aromatic heterocycles. The number of amides is 2. The van der Waals surface area contributed by atoms with E-state index in [-0.39, 0.29) is 30.7 Å². The van der Waals surface area contributed by atoms with Gasteiger partial charge in [0.25, 0.3) is 0 Å². The van der Waals surface area contributed by atoms with Gasteiger partial charge in [0, 0.05) is 12.8 Å². The second-order valence-electron chi connectivity index (χ2n) is 3.41. The zero-order valence-corrected chi connectivity index (χ0v) is 6.90. The van der Waals surface area contributed by atoms with E-state index in [9.17, 15) is 14.4 Å². The number of carboxylic acid groups (broad SMARTS) is 1. The molecule has 0 spiro atoms. The van der Waals surface area contributed by atoms with Crippen LogP contribution in [-0.2, 0) is 14.4 Å². The zero-order chi connectivity index (χ0) is 9.59. The standard InChI is InChI=1S/C8H9NO4/c10-6-1-2-7(11)9(6)5-3-4(5)8(12)13/h4-5H,1-3H2,(H,12,13). The van der Waals surface area contributed by atoms with Crippen LogP contribution in [-0.4, -0.2) is 33.8 Å². The summed E-state index contributed by atoms with van der Waals surface area (Å²) in [7, 11) is 0. The lowest BCUT2D eigenvalue weighted by atomic mass is 10.4. The number of carboxylic acids is 1. The summed E-state index contributed by atoms with van der Waals surface area (Å²) in [5, 5.41) is 8.61. The lowest BCUT2D eigenvalue weighted by Gasteiger charge is -2.11. The molecule has 2 unspecified atom stereocenters. The Morgan fingerprint density at radius 1 is 1.31 bits per heavy atom. The third kappa shape index (κ3) is 1.20. The molecule has 2 atom stereocenters. The second kappa shape index (κ2) is 2.55. The Hall–Kier alpha value is -1.39. The second-order valence-corrected chi connectivity index (χ2v) is 3.41. The van der Waals surface area contributed by atoms with E-state index < -0.39 is 11.9 Å². The third-order valence-electron chi connectivity index (χ3n) is 2.50. The van der Waals surface area contributed by atoms with Gasteiger partial charge in [-0.3, -0.25) is 19.3 Å². The van der Waals surface area contributed by atoms with E-state index in [0.717, 1.165) is 4.90 Å². The fourth-order valence-electron chi connectivity index (χ4n) is 1.70. The topological polar surface area (TPSA) is 74.7 Å². The molecule has 13 heavy (non-hydrogen) atoms. The van der Waals surface area contributed by atoms with Crippen LogP contribution in [0.4, 0.5) is 0 Å². The lowest BCUT2D eigenvalue weighted by Crippen LogP contribution is -2.33. The first-order valence-corrected chi connectivity index (χ1v) is 4.19. The number of carbonyl (C=O) groups excluding carboxylic acids is 2. The minimum absolute atomic E-state index is 0.223. The highest BCUT2D eigenvalue weighted by atomic mass is 16.4. The molecular weight excluding hydrogens is 174 g/mol. The minimum Gasteiger partial charge on any atom is -0.481 e. The van der Waals surface area contributed by atoms with Crippen LogP contribution in [0.5, 0.6) is 0 Å². The van der Waals surface area contributed by atoms with Gasteiger partial charge in [-0.25, -0.2) is 0 Å². The maximum atomic E-state index is 11.1. The predicted molar refractivity (Wildman–Crippen MR) is 40.6 cm³/mol. The Morgan fingerprint density at radius 3 is 2.23 bits per heavy atom. The molecule has 2 amide bonds. The van der Waals surface area contributed by atoms with Gasteiger partial charge in [-0.15, -0.1) is 0 Å². The van der Waals surface area contributed by atoms with E-state index in [4.69, 9.17) is 5.11 Å². The van der Waals surface area contributed by atoms with Crippen molar-refractivity contribution in [2.75, 3.05) is 0 Å².